The molecule has 4 nitrogen and oxygen atoms in total. The number of carbonyl (C=O) groups is 1. The van der Waals surface area contributed by atoms with Gasteiger partial charge < -0.3 is 5.32 Å². The summed E-state index contributed by atoms with van der Waals surface area (Å²) >= 11 is 6.82. The molecule has 1 aliphatic rings. The second-order valence-corrected chi connectivity index (χ2v) is 7.00. The van der Waals surface area contributed by atoms with Crippen LogP contribution in [0.25, 0.3) is 0 Å². The van der Waals surface area contributed by atoms with Gasteiger partial charge in [0, 0.05) is 20.0 Å². The third-order valence-electron chi connectivity index (χ3n) is 2.23. The van der Waals surface area contributed by atoms with Crippen LogP contribution in [0, 0.1) is 0 Å². The molecular formula is C12H14Br2N2O2. The molecule has 1 heterocycles. The number of hydroxylamine groups is 2. The maximum atomic E-state index is 11.8. The molecule has 1 unspecified atom stereocenters. The Morgan fingerprint density at radius 3 is 2.33 bits per heavy atom. The predicted octanol–water partition coefficient (Wildman–Crippen LogP) is 3.97. The number of hydrogen-bond acceptors (Lipinski definition) is 2. The van der Waals surface area contributed by atoms with Gasteiger partial charge in [-0.05, 0) is 39.0 Å². The van der Waals surface area contributed by atoms with Crippen LogP contribution in [0.3, 0.4) is 0 Å². The topological polar surface area (TPSA) is 44.6 Å². The van der Waals surface area contributed by atoms with Gasteiger partial charge in [-0.1, -0.05) is 31.9 Å². The fourth-order valence-corrected chi connectivity index (χ4v) is 2.85. The Hall–Kier alpha value is -0.590. The Labute approximate surface area is 123 Å². The van der Waals surface area contributed by atoms with Crippen molar-refractivity contribution in [3.63, 3.8) is 0 Å². The van der Waals surface area contributed by atoms with Gasteiger partial charge in [0.15, 0.2) is 0 Å². The molecule has 2 rings (SSSR count). The lowest BCUT2D eigenvalue weighted by atomic mass is 10.1. The van der Waals surface area contributed by atoms with Crippen molar-refractivity contribution in [2.45, 2.75) is 32.5 Å². The Balaban J connectivity index is 2.05. The summed E-state index contributed by atoms with van der Waals surface area (Å²) in [6.45, 7) is 5.79. The molecule has 2 amide bonds. The molecule has 1 atom stereocenters. The van der Waals surface area contributed by atoms with E-state index in [1.807, 2.05) is 39.0 Å². The summed E-state index contributed by atoms with van der Waals surface area (Å²) in [7, 11) is 0. The number of carbonyl (C=O) groups excluding carboxylic acids is 1. The molecule has 18 heavy (non-hydrogen) atoms. The van der Waals surface area contributed by atoms with Crippen molar-refractivity contribution in [2.75, 3.05) is 0 Å². The maximum absolute atomic E-state index is 11.8. The highest BCUT2D eigenvalue weighted by molar-refractivity contribution is 9.11. The van der Waals surface area contributed by atoms with Crippen LogP contribution in [0.2, 0.25) is 0 Å². The monoisotopic (exact) mass is 376 g/mol. The van der Waals surface area contributed by atoms with Gasteiger partial charge in [-0.3, -0.25) is 0 Å². The molecule has 1 fully saturated rings. The van der Waals surface area contributed by atoms with Crippen LogP contribution in [0.5, 0.6) is 0 Å². The summed E-state index contributed by atoms with van der Waals surface area (Å²) in [4.78, 5) is 17.1. The van der Waals surface area contributed by atoms with Gasteiger partial charge in [0.05, 0.1) is 0 Å². The molecule has 0 bridgehead atoms. The normalized spacial score (nSPS) is 18.7. The van der Waals surface area contributed by atoms with Crippen LogP contribution in [-0.2, 0) is 4.84 Å². The Morgan fingerprint density at radius 1 is 1.28 bits per heavy atom. The number of rotatable bonds is 1. The summed E-state index contributed by atoms with van der Waals surface area (Å²) in [5, 5.41) is 4.18. The first kappa shape index (κ1) is 13.8. The number of benzene rings is 1. The third kappa shape index (κ3) is 3.46. The van der Waals surface area contributed by atoms with Gasteiger partial charge in [0.1, 0.15) is 0 Å². The zero-order chi connectivity index (χ0) is 13.5. The highest BCUT2D eigenvalue weighted by atomic mass is 79.9. The van der Waals surface area contributed by atoms with Gasteiger partial charge in [-0.25, -0.2) is 9.63 Å². The zero-order valence-corrected chi connectivity index (χ0v) is 13.5. The van der Waals surface area contributed by atoms with Gasteiger partial charge in [-0.2, -0.15) is 5.06 Å². The molecule has 1 saturated heterocycles. The molecule has 6 heteroatoms. The maximum Gasteiger partial charge on any atom is 0.344 e. The van der Waals surface area contributed by atoms with Gasteiger partial charge in [-0.15, -0.1) is 0 Å². The van der Waals surface area contributed by atoms with Crippen LogP contribution in [0.1, 0.15) is 32.6 Å². The number of hydrogen-bond donors (Lipinski definition) is 1. The summed E-state index contributed by atoms with van der Waals surface area (Å²) in [6.07, 6.45) is -0.304. The molecule has 0 aromatic heterocycles. The van der Waals surface area contributed by atoms with Crippen molar-refractivity contribution in [1.29, 1.82) is 0 Å². The van der Waals surface area contributed by atoms with E-state index in [2.05, 4.69) is 37.2 Å². The number of urea groups is 1. The molecular weight excluding hydrogens is 364 g/mol. The van der Waals surface area contributed by atoms with E-state index in [-0.39, 0.29) is 17.8 Å². The minimum absolute atomic E-state index is 0.219. The highest BCUT2D eigenvalue weighted by Gasteiger charge is 2.43. The van der Waals surface area contributed by atoms with Crippen molar-refractivity contribution in [1.82, 2.24) is 10.4 Å². The van der Waals surface area contributed by atoms with Crippen molar-refractivity contribution in [3.05, 3.63) is 32.7 Å². The van der Waals surface area contributed by atoms with Crippen molar-refractivity contribution in [2.24, 2.45) is 0 Å². The number of halogens is 2. The standard InChI is InChI=1S/C12H14Br2N2O2/c1-12(2,3)15-11(17)16-10(18-16)7-4-8(13)6-9(14)5-7/h4-6,10H,1-3H3,(H,15,17). The highest BCUT2D eigenvalue weighted by Crippen LogP contribution is 2.39. The summed E-state index contributed by atoms with van der Waals surface area (Å²) in [5.41, 5.74) is 0.658. The first-order valence-electron chi connectivity index (χ1n) is 5.50. The first-order chi connectivity index (χ1) is 8.26. The molecule has 0 saturated carbocycles. The number of nitrogens with one attached hydrogen (secondary N) is 1. The average Bonchev–Trinajstić information content (AvgIpc) is 2.91. The number of amides is 2. The fourth-order valence-electron chi connectivity index (χ4n) is 1.52. The van der Waals surface area contributed by atoms with Crippen LogP contribution in [-0.4, -0.2) is 16.6 Å². The van der Waals surface area contributed by atoms with E-state index >= 15 is 0 Å². The Kier molecular flexibility index (Phi) is 3.71. The minimum Gasteiger partial charge on any atom is -0.332 e. The van der Waals surface area contributed by atoms with Crippen molar-refractivity contribution in [3.8, 4) is 0 Å². The lowest BCUT2D eigenvalue weighted by molar-refractivity contribution is 0.169. The average molecular weight is 378 g/mol. The molecule has 1 aromatic carbocycles. The van der Waals surface area contributed by atoms with Crippen LogP contribution in [0.15, 0.2) is 27.1 Å². The molecule has 0 spiro atoms. The van der Waals surface area contributed by atoms with Crippen LogP contribution < -0.4 is 5.32 Å². The molecule has 1 aromatic rings. The van der Waals surface area contributed by atoms with E-state index in [9.17, 15) is 4.79 Å². The van der Waals surface area contributed by atoms with E-state index in [1.165, 1.54) is 5.06 Å². The van der Waals surface area contributed by atoms with Gasteiger partial charge >= 0.3 is 6.03 Å². The summed E-state index contributed by atoms with van der Waals surface area (Å²) in [6, 6.07) is 5.58. The third-order valence-corrected chi connectivity index (χ3v) is 3.15. The van der Waals surface area contributed by atoms with E-state index in [1.54, 1.807) is 0 Å². The largest absolute Gasteiger partial charge is 0.344 e. The van der Waals surface area contributed by atoms with Crippen LogP contribution in [0.4, 0.5) is 4.79 Å². The number of nitrogens with zero attached hydrogens (tertiary/aromatic N) is 1. The van der Waals surface area contributed by atoms with E-state index in [0.717, 1.165) is 14.5 Å². The van der Waals surface area contributed by atoms with Gasteiger partial charge in [0.25, 0.3) is 0 Å². The first-order valence-corrected chi connectivity index (χ1v) is 7.09. The van der Waals surface area contributed by atoms with E-state index in [4.69, 9.17) is 4.84 Å². The Bertz CT molecular complexity index is 465. The lowest BCUT2D eigenvalue weighted by Gasteiger charge is -2.19. The SMILES string of the molecule is CC(C)(C)NC(=O)N1OC1c1cc(Br)cc(Br)c1. The molecule has 0 aliphatic carbocycles. The zero-order valence-electron chi connectivity index (χ0n) is 10.3. The second kappa shape index (κ2) is 4.83. The smallest absolute Gasteiger partial charge is 0.332 e. The fraction of sp³-hybridized carbons (Fsp3) is 0.417. The van der Waals surface area contributed by atoms with Crippen molar-refractivity contribution < 1.29 is 9.63 Å². The van der Waals surface area contributed by atoms with Gasteiger partial charge in [0.2, 0.25) is 6.23 Å². The Morgan fingerprint density at radius 2 is 1.83 bits per heavy atom. The lowest BCUT2D eigenvalue weighted by Crippen LogP contribution is -2.43. The van der Waals surface area contributed by atoms with E-state index < -0.39 is 0 Å². The minimum atomic E-state index is -0.304. The summed E-state index contributed by atoms with van der Waals surface area (Å²) < 4.78 is 1.89. The van der Waals surface area contributed by atoms with Crippen LogP contribution >= 0.6 is 31.9 Å². The van der Waals surface area contributed by atoms with Crippen molar-refractivity contribution >= 4 is 37.9 Å². The molecule has 1 N–H and O–H groups in total. The van der Waals surface area contributed by atoms with E-state index in [0.29, 0.717) is 0 Å². The second-order valence-electron chi connectivity index (χ2n) is 5.17. The quantitative estimate of drug-likeness (QED) is 0.752. The predicted molar refractivity (Wildman–Crippen MR) is 75.8 cm³/mol. The summed E-state index contributed by atoms with van der Waals surface area (Å²) in [5.74, 6) is 0. The molecule has 1 aliphatic heterocycles. The molecule has 0 radical (unpaired) electrons. The molecule has 98 valence electrons.